The summed E-state index contributed by atoms with van der Waals surface area (Å²) in [5.41, 5.74) is 3.61. The summed E-state index contributed by atoms with van der Waals surface area (Å²) >= 11 is 1.29. The van der Waals surface area contributed by atoms with Crippen LogP contribution in [0.15, 0.2) is 65.8 Å². The van der Waals surface area contributed by atoms with E-state index in [9.17, 15) is 10.1 Å². The molecule has 5 nitrogen and oxygen atoms in total. The van der Waals surface area contributed by atoms with Gasteiger partial charge in [0.1, 0.15) is 11.1 Å². The first-order valence-electron chi connectivity index (χ1n) is 8.99. The van der Waals surface area contributed by atoms with Crippen LogP contribution in [0.3, 0.4) is 0 Å². The first kappa shape index (κ1) is 18.1. The molecule has 0 fully saturated rings. The van der Waals surface area contributed by atoms with Crippen LogP contribution in [0.25, 0.3) is 21.8 Å². The van der Waals surface area contributed by atoms with Gasteiger partial charge in [-0.05, 0) is 30.2 Å². The summed E-state index contributed by atoms with van der Waals surface area (Å²) in [6, 6.07) is 19.8. The molecule has 0 spiro atoms. The molecule has 0 bridgehead atoms. The van der Waals surface area contributed by atoms with E-state index < -0.39 is 0 Å². The number of carbonyl (C=O) groups excluding carboxylic acids is 1. The minimum Gasteiger partial charge on any atom is -0.361 e. The lowest BCUT2D eigenvalue weighted by Gasteiger charge is -2.07. The Morgan fingerprint density at radius 2 is 2.00 bits per heavy atom. The van der Waals surface area contributed by atoms with Gasteiger partial charge in [-0.1, -0.05) is 48.2 Å². The maximum Gasteiger partial charge on any atom is 0.230 e. The molecule has 0 aliphatic carbocycles. The third-order valence-corrected chi connectivity index (χ3v) is 5.53. The van der Waals surface area contributed by atoms with E-state index in [0.717, 1.165) is 22.8 Å². The number of rotatable bonds is 6. The number of nitriles is 1. The highest BCUT2D eigenvalue weighted by Gasteiger charge is 2.10. The van der Waals surface area contributed by atoms with Crippen molar-refractivity contribution < 1.29 is 4.79 Å². The minimum atomic E-state index is -0.0660. The lowest BCUT2D eigenvalue weighted by molar-refractivity contribution is -0.118. The van der Waals surface area contributed by atoms with Gasteiger partial charge in [0.2, 0.25) is 5.91 Å². The third kappa shape index (κ3) is 3.85. The van der Waals surface area contributed by atoms with Crippen LogP contribution in [0, 0.1) is 11.3 Å². The molecule has 0 aliphatic heterocycles. The molecule has 2 N–H and O–H groups in total. The molecule has 2 aromatic heterocycles. The number of H-pyrrole nitrogens is 1. The second kappa shape index (κ2) is 8.15. The van der Waals surface area contributed by atoms with Crippen LogP contribution in [-0.4, -0.2) is 28.2 Å². The standard InChI is InChI=1S/C22H18N4OS/c23-12-17-11-15-5-1-3-7-19(15)26-22(17)28-14-21(27)24-10-9-16-13-25-20-8-4-2-6-18(16)20/h1-8,11,13,25H,9-10,14H2,(H,24,27). The average molecular weight is 386 g/mol. The lowest BCUT2D eigenvalue weighted by atomic mass is 10.1. The van der Waals surface area contributed by atoms with Crippen LogP contribution in [-0.2, 0) is 11.2 Å². The van der Waals surface area contributed by atoms with Gasteiger partial charge in [0.05, 0.1) is 16.8 Å². The van der Waals surface area contributed by atoms with Gasteiger partial charge >= 0.3 is 0 Å². The summed E-state index contributed by atoms with van der Waals surface area (Å²) in [5, 5.41) is 15.0. The number of nitrogens with zero attached hydrogens (tertiary/aromatic N) is 2. The second-order valence-corrected chi connectivity index (χ2v) is 7.36. The summed E-state index contributed by atoms with van der Waals surface area (Å²) in [4.78, 5) is 20.0. The first-order chi connectivity index (χ1) is 13.7. The van der Waals surface area contributed by atoms with Crippen molar-refractivity contribution in [3.05, 3.63) is 71.9 Å². The van der Waals surface area contributed by atoms with Gasteiger partial charge in [0.25, 0.3) is 0 Å². The Balaban J connectivity index is 1.34. The fourth-order valence-electron chi connectivity index (χ4n) is 3.15. The predicted molar refractivity (Wildman–Crippen MR) is 112 cm³/mol. The number of para-hydroxylation sites is 2. The Morgan fingerprint density at radius 3 is 2.89 bits per heavy atom. The number of fused-ring (bicyclic) bond motifs is 2. The SMILES string of the molecule is N#Cc1cc2ccccc2nc1SCC(=O)NCCc1c[nH]c2ccccc12. The quantitative estimate of drug-likeness (QED) is 0.490. The van der Waals surface area contributed by atoms with Gasteiger partial charge < -0.3 is 10.3 Å². The smallest absolute Gasteiger partial charge is 0.230 e. The monoisotopic (exact) mass is 386 g/mol. The zero-order valence-corrected chi connectivity index (χ0v) is 15.9. The van der Waals surface area contributed by atoms with Crippen molar-refractivity contribution in [2.75, 3.05) is 12.3 Å². The number of hydrogen-bond acceptors (Lipinski definition) is 4. The largest absolute Gasteiger partial charge is 0.361 e. The third-order valence-electron chi connectivity index (χ3n) is 4.54. The lowest BCUT2D eigenvalue weighted by Crippen LogP contribution is -2.27. The molecule has 2 aromatic carbocycles. The topological polar surface area (TPSA) is 81.6 Å². The Morgan fingerprint density at radius 1 is 1.18 bits per heavy atom. The molecule has 0 unspecified atom stereocenters. The molecular weight excluding hydrogens is 368 g/mol. The molecule has 0 atom stereocenters. The highest BCUT2D eigenvalue weighted by Crippen LogP contribution is 2.24. The Labute approximate surface area is 166 Å². The molecule has 6 heteroatoms. The van der Waals surface area contributed by atoms with E-state index in [2.05, 4.69) is 27.4 Å². The van der Waals surface area contributed by atoms with Crippen molar-refractivity contribution in [2.24, 2.45) is 0 Å². The number of benzene rings is 2. The van der Waals surface area contributed by atoms with E-state index in [4.69, 9.17) is 0 Å². The summed E-state index contributed by atoms with van der Waals surface area (Å²) in [5.74, 6) is 0.164. The van der Waals surface area contributed by atoms with Gasteiger partial charge in [-0.25, -0.2) is 4.98 Å². The van der Waals surface area contributed by atoms with E-state index in [0.29, 0.717) is 17.1 Å². The molecule has 1 amide bonds. The molecule has 4 rings (SSSR count). The van der Waals surface area contributed by atoms with Crippen molar-refractivity contribution in [1.82, 2.24) is 15.3 Å². The second-order valence-electron chi connectivity index (χ2n) is 6.39. The van der Waals surface area contributed by atoms with E-state index in [1.54, 1.807) is 0 Å². The highest BCUT2D eigenvalue weighted by atomic mass is 32.2. The number of hydrogen-bond donors (Lipinski definition) is 2. The molecule has 0 aliphatic rings. The summed E-state index contributed by atoms with van der Waals surface area (Å²) < 4.78 is 0. The number of carbonyl (C=O) groups is 1. The van der Waals surface area contributed by atoms with Gasteiger partial charge in [-0.3, -0.25) is 4.79 Å². The average Bonchev–Trinajstić information content (AvgIpc) is 3.14. The molecule has 138 valence electrons. The van der Waals surface area contributed by atoms with Gasteiger partial charge in [0, 0.05) is 29.0 Å². The molecule has 28 heavy (non-hydrogen) atoms. The Kier molecular flexibility index (Phi) is 5.27. The van der Waals surface area contributed by atoms with Crippen LogP contribution < -0.4 is 5.32 Å². The summed E-state index contributed by atoms with van der Waals surface area (Å²) in [7, 11) is 0. The van der Waals surface area contributed by atoms with Crippen LogP contribution in [0.5, 0.6) is 0 Å². The first-order valence-corrected chi connectivity index (χ1v) is 9.97. The van der Waals surface area contributed by atoms with Gasteiger partial charge in [-0.2, -0.15) is 5.26 Å². The van der Waals surface area contributed by atoms with Crippen LogP contribution in [0.1, 0.15) is 11.1 Å². The fraction of sp³-hybridized carbons (Fsp3) is 0.136. The molecule has 2 heterocycles. The van der Waals surface area contributed by atoms with E-state index >= 15 is 0 Å². The van der Waals surface area contributed by atoms with Crippen LogP contribution in [0.2, 0.25) is 0 Å². The van der Waals surface area contributed by atoms with Gasteiger partial charge in [0.15, 0.2) is 0 Å². The number of thioether (sulfide) groups is 1. The normalized spacial score (nSPS) is 10.8. The molecule has 0 saturated heterocycles. The van der Waals surface area contributed by atoms with Crippen molar-refractivity contribution >= 4 is 39.5 Å². The van der Waals surface area contributed by atoms with Crippen LogP contribution >= 0.6 is 11.8 Å². The molecular formula is C22H18N4OS. The van der Waals surface area contributed by atoms with E-state index in [1.165, 1.54) is 22.7 Å². The maximum atomic E-state index is 12.2. The number of aromatic nitrogens is 2. The maximum absolute atomic E-state index is 12.2. The molecule has 0 saturated carbocycles. The number of amides is 1. The van der Waals surface area contributed by atoms with Gasteiger partial charge in [-0.15, -0.1) is 0 Å². The highest BCUT2D eigenvalue weighted by molar-refractivity contribution is 8.00. The fourth-order valence-corrected chi connectivity index (χ4v) is 3.94. The zero-order valence-electron chi connectivity index (χ0n) is 15.1. The summed E-state index contributed by atoms with van der Waals surface area (Å²) in [6.45, 7) is 0.567. The van der Waals surface area contributed by atoms with Crippen molar-refractivity contribution in [3.63, 3.8) is 0 Å². The molecule has 4 aromatic rings. The van der Waals surface area contributed by atoms with Crippen LogP contribution in [0.4, 0.5) is 0 Å². The van der Waals surface area contributed by atoms with Crippen molar-refractivity contribution in [1.29, 1.82) is 5.26 Å². The van der Waals surface area contributed by atoms with E-state index in [-0.39, 0.29) is 11.7 Å². The van der Waals surface area contributed by atoms with Crippen molar-refractivity contribution in [2.45, 2.75) is 11.4 Å². The summed E-state index contributed by atoms with van der Waals surface area (Å²) in [6.07, 6.45) is 2.75. The Hall–Kier alpha value is -3.30. The van der Waals surface area contributed by atoms with E-state index in [1.807, 2.05) is 54.7 Å². The molecule has 0 radical (unpaired) electrons. The Bertz CT molecular complexity index is 1190. The number of nitrogens with one attached hydrogen (secondary N) is 2. The minimum absolute atomic E-state index is 0.0660. The zero-order chi connectivity index (χ0) is 19.3. The number of pyridine rings is 1. The predicted octanol–water partition coefficient (Wildman–Crippen LogP) is 4.04. The number of aromatic amines is 1. The van der Waals surface area contributed by atoms with Crippen molar-refractivity contribution in [3.8, 4) is 6.07 Å².